The van der Waals surface area contributed by atoms with Gasteiger partial charge in [0.1, 0.15) is 13.2 Å². The van der Waals surface area contributed by atoms with E-state index in [1.54, 1.807) is 0 Å². The Kier molecular flexibility index (Phi) is 43.0. The van der Waals surface area contributed by atoms with Crippen molar-refractivity contribution in [2.45, 2.75) is 219 Å². The predicted molar refractivity (Wildman–Crippen MR) is 242 cm³/mol. The Hall–Kier alpha value is -3.15. The van der Waals surface area contributed by atoms with Crippen LogP contribution in [0.3, 0.4) is 0 Å². The first kappa shape index (κ1) is 53.9. The topological polar surface area (TPSA) is 78.9 Å². The molecule has 0 rings (SSSR count). The van der Waals surface area contributed by atoms with Gasteiger partial charge in [-0.15, -0.1) is 0 Å². The van der Waals surface area contributed by atoms with Gasteiger partial charge in [0.2, 0.25) is 0 Å². The second kappa shape index (κ2) is 45.6. The molecular formula is C51H86O6. The fourth-order valence-electron chi connectivity index (χ4n) is 6.13. The average molecular weight is 795 g/mol. The maximum atomic E-state index is 12.7. The molecule has 0 saturated heterocycles. The van der Waals surface area contributed by atoms with Crippen molar-refractivity contribution in [1.82, 2.24) is 0 Å². The highest BCUT2D eigenvalue weighted by atomic mass is 16.6. The van der Waals surface area contributed by atoms with E-state index in [1.807, 2.05) is 0 Å². The summed E-state index contributed by atoms with van der Waals surface area (Å²) < 4.78 is 16.6. The molecular weight excluding hydrogens is 709 g/mol. The monoisotopic (exact) mass is 795 g/mol. The summed E-state index contributed by atoms with van der Waals surface area (Å²) >= 11 is 0. The highest BCUT2D eigenvalue weighted by Crippen LogP contribution is 2.12. The molecule has 0 aromatic rings. The van der Waals surface area contributed by atoms with Crippen molar-refractivity contribution >= 4 is 17.9 Å². The molecule has 0 saturated carbocycles. The van der Waals surface area contributed by atoms with Crippen molar-refractivity contribution in [2.24, 2.45) is 0 Å². The summed E-state index contributed by atoms with van der Waals surface area (Å²) in [6, 6.07) is 0. The van der Waals surface area contributed by atoms with Crippen LogP contribution in [0.1, 0.15) is 213 Å². The van der Waals surface area contributed by atoms with E-state index in [2.05, 4.69) is 93.7 Å². The van der Waals surface area contributed by atoms with E-state index in [0.29, 0.717) is 19.3 Å². The van der Waals surface area contributed by atoms with Gasteiger partial charge in [0.15, 0.2) is 6.10 Å². The van der Waals surface area contributed by atoms with Gasteiger partial charge < -0.3 is 14.2 Å². The van der Waals surface area contributed by atoms with Gasteiger partial charge in [-0.05, 0) is 96.3 Å². The summed E-state index contributed by atoms with van der Waals surface area (Å²) in [5.74, 6) is -0.986. The quantitative estimate of drug-likeness (QED) is 0.0202. The summed E-state index contributed by atoms with van der Waals surface area (Å²) in [6.07, 6.45) is 56.0. The molecule has 6 nitrogen and oxygen atoms in total. The van der Waals surface area contributed by atoms with Gasteiger partial charge in [-0.3, -0.25) is 14.4 Å². The molecule has 57 heavy (non-hydrogen) atoms. The van der Waals surface area contributed by atoms with Crippen LogP contribution in [-0.2, 0) is 28.6 Å². The molecule has 0 heterocycles. The van der Waals surface area contributed by atoms with E-state index in [4.69, 9.17) is 14.2 Å². The Bertz CT molecular complexity index is 1100. The van der Waals surface area contributed by atoms with Crippen LogP contribution in [0, 0.1) is 0 Å². The molecule has 0 fully saturated rings. The van der Waals surface area contributed by atoms with Gasteiger partial charge in [0.05, 0.1) is 0 Å². The van der Waals surface area contributed by atoms with Crippen molar-refractivity contribution in [1.29, 1.82) is 0 Å². The molecule has 326 valence electrons. The third kappa shape index (κ3) is 43.8. The maximum absolute atomic E-state index is 12.7. The smallest absolute Gasteiger partial charge is 0.306 e. The Morgan fingerprint density at radius 2 is 0.754 bits per heavy atom. The molecule has 1 atom stereocenters. The summed E-state index contributed by atoms with van der Waals surface area (Å²) in [5.41, 5.74) is 0. The molecule has 1 unspecified atom stereocenters. The number of allylic oxidation sites excluding steroid dienone is 12. The van der Waals surface area contributed by atoms with Gasteiger partial charge in [-0.25, -0.2) is 0 Å². The number of carbonyl (C=O) groups excluding carboxylic acids is 3. The predicted octanol–water partition coefficient (Wildman–Crippen LogP) is 15.1. The number of carbonyl (C=O) groups is 3. The molecule has 0 bridgehead atoms. The summed E-state index contributed by atoms with van der Waals surface area (Å²) in [4.78, 5) is 37.7. The molecule has 6 heteroatoms. The summed E-state index contributed by atoms with van der Waals surface area (Å²) in [5, 5.41) is 0. The molecule has 0 radical (unpaired) electrons. The van der Waals surface area contributed by atoms with Crippen LogP contribution in [0.15, 0.2) is 72.9 Å². The van der Waals surface area contributed by atoms with E-state index < -0.39 is 6.10 Å². The van der Waals surface area contributed by atoms with Crippen LogP contribution < -0.4 is 0 Å². The number of rotatable bonds is 41. The number of ether oxygens (including phenoxy) is 3. The largest absolute Gasteiger partial charge is 0.462 e. The molecule has 0 spiro atoms. The van der Waals surface area contributed by atoms with Crippen LogP contribution >= 0.6 is 0 Å². The number of esters is 3. The van der Waals surface area contributed by atoms with Gasteiger partial charge in [0, 0.05) is 19.3 Å². The van der Waals surface area contributed by atoms with Crippen molar-refractivity contribution in [3.8, 4) is 0 Å². The zero-order valence-corrected chi connectivity index (χ0v) is 37.1. The molecule has 0 aliphatic rings. The zero-order chi connectivity index (χ0) is 41.5. The Balaban J connectivity index is 4.47. The number of unbranched alkanes of at least 4 members (excludes halogenated alkanes) is 19. The molecule has 0 amide bonds. The van der Waals surface area contributed by atoms with Crippen LogP contribution in [0.2, 0.25) is 0 Å². The normalized spacial score (nSPS) is 12.7. The Labute approximate surface area is 351 Å². The third-order valence-electron chi connectivity index (χ3n) is 9.69. The highest BCUT2D eigenvalue weighted by molar-refractivity contribution is 5.71. The van der Waals surface area contributed by atoms with E-state index in [-0.39, 0.29) is 37.5 Å². The minimum Gasteiger partial charge on any atom is -0.462 e. The van der Waals surface area contributed by atoms with E-state index >= 15 is 0 Å². The average Bonchev–Trinajstić information content (AvgIpc) is 3.21. The first-order valence-electron chi connectivity index (χ1n) is 23.5. The number of hydrogen-bond acceptors (Lipinski definition) is 6. The molecule has 0 aliphatic heterocycles. The lowest BCUT2D eigenvalue weighted by Crippen LogP contribution is -2.30. The van der Waals surface area contributed by atoms with Gasteiger partial charge >= 0.3 is 17.9 Å². The fraction of sp³-hybridized carbons (Fsp3) is 0.706. The zero-order valence-electron chi connectivity index (χ0n) is 37.1. The lowest BCUT2D eigenvalue weighted by atomic mass is 10.1. The Morgan fingerprint density at radius 3 is 1.30 bits per heavy atom. The summed E-state index contributed by atoms with van der Waals surface area (Å²) in [6.45, 7) is 6.39. The van der Waals surface area contributed by atoms with Crippen LogP contribution in [0.25, 0.3) is 0 Å². The molecule has 0 aromatic heterocycles. The second-order valence-electron chi connectivity index (χ2n) is 15.3. The van der Waals surface area contributed by atoms with E-state index in [0.717, 1.165) is 96.3 Å². The maximum Gasteiger partial charge on any atom is 0.306 e. The first-order valence-corrected chi connectivity index (χ1v) is 23.5. The van der Waals surface area contributed by atoms with Crippen molar-refractivity contribution in [3.05, 3.63) is 72.9 Å². The lowest BCUT2D eigenvalue weighted by molar-refractivity contribution is -0.167. The standard InChI is InChI=1S/C51H86O6/c1-4-7-10-13-16-19-22-24-25-26-27-30-32-35-38-41-44-50(53)56-47-48(46-55-49(52)43-40-37-34-31-28-21-18-15-12-9-6-3)57-51(54)45-42-39-36-33-29-23-20-17-14-11-8-5-2/h8,11,15,17-18,20,25-27,29-30,33,48H,4-7,9-10,12-14,16,19,21-24,28,31-32,34-47H2,1-3H3/b11-8-,18-15-,20-17-,26-25-,30-27-,33-29-. The molecule has 0 N–H and O–H groups in total. The van der Waals surface area contributed by atoms with Crippen molar-refractivity contribution in [3.63, 3.8) is 0 Å². The lowest BCUT2D eigenvalue weighted by Gasteiger charge is -2.18. The molecule has 0 aliphatic carbocycles. The first-order chi connectivity index (χ1) is 28.0. The highest BCUT2D eigenvalue weighted by Gasteiger charge is 2.19. The number of hydrogen-bond donors (Lipinski definition) is 0. The molecule has 0 aromatic carbocycles. The van der Waals surface area contributed by atoms with E-state index in [9.17, 15) is 14.4 Å². The minimum atomic E-state index is -0.807. The van der Waals surface area contributed by atoms with Gasteiger partial charge in [-0.1, -0.05) is 171 Å². The van der Waals surface area contributed by atoms with Crippen LogP contribution in [0.4, 0.5) is 0 Å². The van der Waals surface area contributed by atoms with Gasteiger partial charge in [0.25, 0.3) is 0 Å². The SMILES string of the molecule is CC/C=C\C/C=C\C/C=C\CCCCC(=O)OC(COC(=O)CCCCC/C=C\C=C/CCCCCCCCC)COC(=O)CCCCCCC/C=C\CCCC. The van der Waals surface area contributed by atoms with Gasteiger partial charge in [-0.2, -0.15) is 0 Å². The second-order valence-corrected chi connectivity index (χ2v) is 15.3. The van der Waals surface area contributed by atoms with E-state index in [1.165, 1.54) is 70.6 Å². The van der Waals surface area contributed by atoms with Crippen molar-refractivity contribution < 1.29 is 28.6 Å². The van der Waals surface area contributed by atoms with Crippen LogP contribution in [-0.4, -0.2) is 37.2 Å². The Morgan fingerprint density at radius 1 is 0.386 bits per heavy atom. The third-order valence-corrected chi connectivity index (χ3v) is 9.69. The fourth-order valence-corrected chi connectivity index (χ4v) is 6.13. The van der Waals surface area contributed by atoms with Crippen LogP contribution in [0.5, 0.6) is 0 Å². The minimum absolute atomic E-state index is 0.105. The van der Waals surface area contributed by atoms with Crippen molar-refractivity contribution in [2.75, 3.05) is 13.2 Å². The summed E-state index contributed by atoms with van der Waals surface area (Å²) in [7, 11) is 0.